The summed E-state index contributed by atoms with van der Waals surface area (Å²) >= 11 is 0. The van der Waals surface area contributed by atoms with Crippen LogP contribution in [0.1, 0.15) is 25.1 Å². The van der Waals surface area contributed by atoms with Gasteiger partial charge < -0.3 is 14.5 Å². The number of ether oxygens (including phenoxy) is 1. The second kappa shape index (κ2) is 7.91. The Hall–Kier alpha value is -3.69. The van der Waals surface area contributed by atoms with E-state index < -0.39 is 11.9 Å². The highest BCUT2D eigenvalue weighted by Crippen LogP contribution is 2.24. The topological polar surface area (TPSA) is 132 Å². The summed E-state index contributed by atoms with van der Waals surface area (Å²) in [5.41, 5.74) is 1.17. The van der Waals surface area contributed by atoms with Gasteiger partial charge >= 0.3 is 11.9 Å². The SMILES string of the molecule is CCOC(=O)C(=O)Nc1cc(-c2ccco2)nn1-c1nc(C)c(CC)c(=O)[nH]1. The number of anilines is 1. The minimum atomic E-state index is -1.03. The average molecular weight is 385 g/mol. The first-order valence-electron chi connectivity index (χ1n) is 8.66. The van der Waals surface area contributed by atoms with Gasteiger partial charge in [-0.05, 0) is 32.4 Å². The Balaban J connectivity index is 2.07. The fraction of sp³-hybridized carbons (Fsp3) is 0.278. The molecule has 10 nitrogen and oxygen atoms in total. The number of esters is 1. The zero-order chi connectivity index (χ0) is 20.3. The lowest BCUT2D eigenvalue weighted by Gasteiger charge is -2.09. The summed E-state index contributed by atoms with van der Waals surface area (Å²) < 4.78 is 11.2. The molecule has 146 valence electrons. The molecular formula is C18H19N5O5. The number of carbonyl (C=O) groups is 2. The van der Waals surface area contributed by atoms with Crippen LogP contribution >= 0.6 is 0 Å². The van der Waals surface area contributed by atoms with Crippen molar-refractivity contribution in [2.45, 2.75) is 27.2 Å². The molecular weight excluding hydrogens is 366 g/mol. The number of furan rings is 1. The Morgan fingerprint density at radius 1 is 1.36 bits per heavy atom. The molecule has 28 heavy (non-hydrogen) atoms. The molecule has 0 aliphatic rings. The van der Waals surface area contributed by atoms with Gasteiger partial charge in [-0.15, -0.1) is 0 Å². The van der Waals surface area contributed by atoms with E-state index in [4.69, 9.17) is 9.15 Å². The summed E-state index contributed by atoms with van der Waals surface area (Å²) in [6.07, 6.45) is 2.00. The van der Waals surface area contributed by atoms with Crippen molar-refractivity contribution in [1.82, 2.24) is 19.7 Å². The lowest BCUT2D eigenvalue weighted by Crippen LogP contribution is -2.27. The molecule has 3 aromatic rings. The number of hydrogen-bond acceptors (Lipinski definition) is 7. The molecule has 0 unspecified atom stereocenters. The molecule has 1 amide bonds. The van der Waals surface area contributed by atoms with Crippen molar-refractivity contribution in [3.05, 3.63) is 46.1 Å². The Morgan fingerprint density at radius 2 is 2.14 bits per heavy atom. The molecule has 0 saturated carbocycles. The molecule has 10 heteroatoms. The minimum absolute atomic E-state index is 0.0652. The van der Waals surface area contributed by atoms with Crippen LogP contribution in [0.2, 0.25) is 0 Å². The van der Waals surface area contributed by atoms with E-state index in [1.165, 1.54) is 17.0 Å². The maximum absolute atomic E-state index is 12.3. The summed E-state index contributed by atoms with van der Waals surface area (Å²) in [5.74, 6) is -1.35. The first-order chi connectivity index (χ1) is 13.4. The van der Waals surface area contributed by atoms with Crippen LogP contribution in [-0.2, 0) is 20.7 Å². The van der Waals surface area contributed by atoms with Crippen molar-refractivity contribution in [2.24, 2.45) is 0 Å². The van der Waals surface area contributed by atoms with Crippen LogP contribution in [0.15, 0.2) is 33.7 Å². The zero-order valence-electron chi connectivity index (χ0n) is 15.6. The molecule has 3 heterocycles. The zero-order valence-corrected chi connectivity index (χ0v) is 15.6. The van der Waals surface area contributed by atoms with E-state index in [0.29, 0.717) is 29.1 Å². The van der Waals surface area contributed by atoms with E-state index in [0.717, 1.165) is 0 Å². The number of aryl methyl sites for hydroxylation is 1. The lowest BCUT2D eigenvalue weighted by molar-refractivity contribution is -0.152. The van der Waals surface area contributed by atoms with E-state index in [1.807, 2.05) is 6.92 Å². The Labute approximate surface area is 159 Å². The number of hydrogen-bond donors (Lipinski definition) is 2. The standard InChI is InChI=1S/C18H19N5O5/c1-4-11-10(3)19-18(21-15(11)24)23-14(20-16(25)17(26)27-5-2)9-12(22-23)13-7-6-8-28-13/h6-9H,4-5H2,1-3H3,(H,20,25)(H,19,21,24). The highest BCUT2D eigenvalue weighted by Gasteiger charge is 2.21. The van der Waals surface area contributed by atoms with Gasteiger partial charge in [-0.25, -0.2) is 9.78 Å². The van der Waals surface area contributed by atoms with Crippen molar-refractivity contribution < 1.29 is 18.7 Å². The monoisotopic (exact) mass is 385 g/mol. The van der Waals surface area contributed by atoms with Crippen molar-refractivity contribution in [1.29, 1.82) is 0 Å². The van der Waals surface area contributed by atoms with E-state index in [9.17, 15) is 14.4 Å². The van der Waals surface area contributed by atoms with Gasteiger partial charge in [0, 0.05) is 17.3 Å². The van der Waals surface area contributed by atoms with E-state index >= 15 is 0 Å². The van der Waals surface area contributed by atoms with Crippen molar-refractivity contribution >= 4 is 17.7 Å². The fourth-order valence-electron chi connectivity index (χ4n) is 2.65. The van der Waals surface area contributed by atoms with Crippen molar-refractivity contribution in [2.75, 3.05) is 11.9 Å². The molecule has 0 saturated heterocycles. The first kappa shape index (κ1) is 19.1. The van der Waals surface area contributed by atoms with Crippen LogP contribution < -0.4 is 10.9 Å². The molecule has 3 rings (SSSR count). The van der Waals surface area contributed by atoms with Crippen LogP contribution in [0.5, 0.6) is 0 Å². The smallest absolute Gasteiger partial charge is 0.397 e. The number of amides is 1. The molecule has 0 radical (unpaired) electrons. The summed E-state index contributed by atoms with van der Waals surface area (Å²) in [4.78, 5) is 43.1. The van der Waals surface area contributed by atoms with E-state index in [1.54, 1.807) is 26.0 Å². The predicted octanol–water partition coefficient (Wildman–Crippen LogP) is 1.59. The third kappa shape index (κ3) is 3.70. The number of rotatable bonds is 5. The normalized spacial score (nSPS) is 10.7. The van der Waals surface area contributed by atoms with Crippen LogP contribution in [0.3, 0.4) is 0 Å². The van der Waals surface area contributed by atoms with Crippen molar-refractivity contribution in [3.8, 4) is 17.4 Å². The Kier molecular flexibility index (Phi) is 5.39. The van der Waals surface area contributed by atoms with Crippen LogP contribution in [0.4, 0.5) is 5.82 Å². The highest BCUT2D eigenvalue weighted by molar-refractivity contribution is 6.37. The quantitative estimate of drug-likeness (QED) is 0.503. The van der Waals surface area contributed by atoms with Gasteiger partial charge in [0.2, 0.25) is 5.95 Å². The summed E-state index contributed by atoms with van der Waals surface area (Å²) in [6, 6.07) is 4.87. The highest BCUT2D eigenvalue weighted by atomic mass is 16.5. The summed E-state index contributed by atoms with van der Waals surface area (Å²) in [6.45, 7) is 5.23. The fourth-order valence-corrected chi connectivity index (χ4v) is 2.65. The molecule has 0 bridgehead atoms. The largest absolute Gasteiger partial charge is 0.463 e. The van der Waals surface area contributed by atoms with E-state index in [-0.39, 0.29) is 23.9 Å². The van der Waals surface area contributed by atoms with Gasteiger partial charge in [0.1, 0.15) is 11.5 Å². The van der Waals surface area contributed by atoms with Crippen molar-refractivity contribution in [3.63, 3.8) is 0 Å². The molecule has 0 atom stereocenters. The number of aromatic amines is 1. The third-order valence-corrected chi connectivity index (χ3v) is 3.95. The molecule has 0 aliphatic heterocycles. The molecule has 0 aliphatic carbocycles. The van der Waals surface area contributed by atoms with E-state index in [2.05, 4.69) is 20.4 Å². The minimum Gasteiger partial charge on any atom is -0.463 e. The molecule has 3 aromatic heterocycles. The van der Waals surface area contributed by atoms with Gasteiger partial charge in [-0.1, -0.05) is 6.92 Å². The number of nitrogens with one attached hydrogen (secondary N) is 2. The van der Waals surface area contributed by atoms with Crippen LogP contribution in [-0.4, -0.2) is 38.2 Å². The Bertz CT molecular complexity index is 1060. The first-order valence-corrected chi connectivity index (χ1v) is 8.66. The number of nitrogens with zero attached hydrogens (tertiary/aromatic N) is 3. The van der Waals surface area contributed by atoms with Gasteiger partial charge in [0.15, 0.2) is 5.76 Å². The average Bonchev–Trinajstić information content (AvgIpc) is 3.31. The summed E-state index contributed by atoms with van der Waals surface area (Å²) in [5, 5.41) is 6.77. The second-order valence-electron chi connectivity index (χ2n) is 5.79. The van der Waals surface area contributed by atoms with Crippen LogP contribution in [0.25, 0.3) is 17.4 Å². The maximum Gasteiger partial charge on any atom is 0.397 e. The van der Waals surface area contributed by atoms with Gasteiger partial charge in [-0.3, -0.25) is 14.6 Å². The molecule has 0 spiro atoms. The molecule has 0 fully saturated rings. The summed E-state index contributed by atoms with van der Waals surface area (Å²) in [7, 11) is 0. The Morgan fingerprint density at radius 3 is 2.75 bits per heavy atom. The maximum atomic E-state index is 12.3. The number of aromatic nitrogens is 4. The lowest BCUT2D eigenvalue weighted by atomic mass is 10.2. The molecule has 2 N–H and O–H groups in total. The second-order valence-corrected chi connectivity index (χ2v) is 5.79. The van der Waals surface area contributed by atoms with Gasteiger partial charge in [0.25, 0.3) is 5.56 Å². The van der Waals surface area contributed by atoms with Crippen LogP contribution in [0, 0.1) is 6.92 Å². The third-order valence-electron chi connectivity index (χ3n) is 3.95. The molecule has 0 aromatic carbocycles. The van der Waals surface area contributed by atoms with Gasteiger partial charge in [0.05, 0.1) is 12.9 Å². The number of carbonyl (C=O) groups excluding carboxylic acids is 2. The van der Waals surface area contributed by atoms with Gasteiger partial charge in [-0.2, -0.15) is 9.78 Å². The predicted molar refractivity (Wildman–Crippen MR) is 99.1 cm³/mol. The number of H-pyrrole nitrogens is 1.